The molecule has 1 amide bonds. The molecule has 0 aliphatic carbocycles. The van der Waals surface area contributed by atoms with Gasteiger partial charge in [-0.05, 0) is 56.7 Å². The van der Waals surface area contributed by atoms with Gasteiger partial charge in [0.2, 0.25) is 5.91 Å². The number of para-hydroxylation sites is 1. The Morgan fingerprint density at radius 2 is 2.21 bits per heavy atom. The lowest BCUT2D eigenvalue weighted by Gasteiger charge is -2.32. The summed E-state index contributed by atoms with van der Waals surface area (Å²) in [5.74, 6) is 0.570. The van der Waals surface area contributed by atoms with E-state index in [1.54, 1.807) is 6.08 Å². The van der Waals surface area contributed by atoms with Crippen LogP contribution >= 0.6 is 0 Å². The van der Waals surface area contributed by atoms with Crippen molar-refractivity contribution in [1.82, 2.24) is 15.2 Å². The quantitative estimate of drug-likeness (QED) is 0.827. The third-order valence-electron chi connectivity index (χ3n) is 4.57. The Morgan fingerprint density at radius 1 is 1.38 bits per heavy atom. The maximum atomic E-state index is 11.8. The van der Waals surface area contributed by atoms with Crippen LogP contribution in [-0.4, -0.2) is 35.4 Å². The maximum absolute atomic E-state index is 11.8. The number of aromatic nitrogens is 1. The summed E-state index contributed by atoms with van der Waals surface area (Å²) in [5.41, 5.74) is 3.51. The Balaban J connectivity index is 1.53. The number of carbonyl (C=O) groups excluding carboxylic acids is 1. The molecule has 24 heavy (non-hydrogen) atoms. The van der Waals surface area contributed by atoms with E-state index in [9.17, 15) is 4.79 Å². The number of rotatable bonds is 5. The number of piperidine rings is 1. The summed E-state index contributed by atoms with van der Waals surface area (Å²) < 4.78 is 0. The molecule has 1 atom stereocenters. The molecule has 1 aromatic heterocycles. The molecule has 1 fully saturated rings. The van der Waals surface area contributed by atoms with Gasteiger partial charge in [-0.2, -0.15) is 0 Å². The van der Waals surface area contributed by atoms with Gasteiger partial charge in [0.05, 0.1) is 0 Å². The minimum Gasteiger partial charge on any atom is -0.357 e. The lowest BCUT2D eigenvalue weighted by Crippen LogP contribution is -2.40. The number of benzene rings is 1. The van der Waals surface area contributed by atoms with E-state index in [1.165, 1.54) is 29.4 Å². The zero-order valence-electron chi connectivity index (χ0n) is 14.6. The van der Waals surface area contributed by atoms with Crippen molar-refractivity contribution in [3.8, 4) is 0 Å². The topological polar surface area (TPSA) is 48.1 Å². The number of hydrogen-bond acceptors (Lipinski definition) is 2. The summed E-state index contributed by atoms with van der Waals surface area (Å²) in [6, 6.07) is 10.7. The predicted molar refractivity (Wildman–Crippen MR) is 98.7 cm³/mol. The number of nitrogens with one attached hydrogen (secondary N) is 2. The summed E-state index contributed by atoms with van der Waals surface area (Å²) in [7, 11) is 0. The summed E-state index contributed by atoms with van der Waals surface area (Å²) in [6.45, 7) is 7.79. The molecule has 4 nitrogen and oxygen atoms in total. The average Bonchev–Trinajstić information content (AvgIpc) is 2.95. The number of nitrogens with zero attached hydrogens (tertiary/aromatic N) is 1. The number of allylic oxidation sites excluding steroid dienone is 1. The number of amides is 1. The second-order valence-electron chi connectivity index (χ2n) is 7.09. The van der Waals surface area contributed by atoms with Crippen molar-refractivity contribution in [2.24, 2.45) is 5.92 Å². The van der Waals surface area contributed by atoms with E-state index in [-0.39, 0.29) is 5.91 Å². The largest absolute Gasteiger partial charge is 0.357 e. The Morgan fingerprint density at radius 3 is 3.00 bits per heavy atom. The Labute approximate surface area is 143 Å². The molecular weight excluding hydrogens is 298 g/mol. The third kappa shape index (κ3) is 4.48. The Kier molecular flexibility index (Phi) is 5.36. The number of fused-ring (bicyclic) bond motifs is 1. The first kappa shape index (κ1) is 16.8. The van der Waals surface area contributed by atoms with Crippen LogP contribution in [0.1, 0.15) is 32.4 Å². The molecule has 2 heterocycles. The van der Waals surface area contributed by atoms with E-state index < -0.39 is 0 Å². The first-order valence-electron chi connectivity index (χ1n) is 8.82. The lowest BCUT2D eigenvalue weighted by atomic mass is 9.98. The van der Waals surface area contributed by atoms with Gasteiger partial charge in [0.1, 0.15) is 0 Å². The monoisotopic (exact) mass is 325 g/mol. The highest BCUT2D eigenvalue weighted by molar-refractivity contribution is 5.88. The van der Waals surface area contributed by atoms with E-state index >= 15 is 0 Å². The molecule has 1 unspecified atom stereocenters. The summed E-state index contributed by atoms with van der Waals surface area (Å²) in [5, 5.41) is 4.31. The van der Waals surface area contributed by atoms with Crippen molar-refractivity contribution in [3.05, 3.63) is 47.7 Å². The van der Waals surface area contributed by atoms with Crippen molar-refractivity contribution in [2.75, 3.05) is 19.6 Å². The van der Waals surface area contributed by atoms with Crippen LogP contribution < -0.4 is 5.32 Å². The van der Waals surface area contributed by atoms with Crippen LogP contribution in [0.4, 0.5) is 0 Å². The Hall–Kier alpha value is -2.07. The number of H-pyrrole nitrogens is 1. The highest BCUT2D eigenvalue weighted by Gasteiger charge is 2.20. The van der Waals surface area contributed by atoms with Crippen molar-refractivity contribution in [1.29, 1.82) is 0 Å². The molecular formula is C20H27N3O. The van der Waals surface area contributed by atoms with Crippen LogP contribution in [0.5, 0.6) is 0 Å². The van der Waals surface area contributed by atoms with Gasteiger partial charge in [0.15, 0.2) is 0 Å². The number of aromatic amines is 1. The number of hydrogen-bond donors (Lipinski definition) is 2. The van der Waals surface area contributed by atoms with Crippen molar-refractivity contribution in [2.45, 2.75) is 33.2 Å². The molecule has 1 aromatic carbocycles. The predicted octanol–water partition coefficient (Wildman–Crippen LogP) is 3.46. The van der Waals surface area contributed by atoms with Gasteiger partial charge in [-0.1, -0.05) is 23.8 Å². The third-order valence-corrected chi connectivity index (χ3v) is 4.57. The van der Waals surface area contributed by atoms with Crippen LogP contribution in [0.15, 0.2) is 42.0 Å². The summed E-state index contributed by atoms with van der Waals surface area (Å²) in [4.78, 5) is 17.8. The molecule has 2 aromatic rings. The van der Waals surface area contributed by atoms with Gasteiger partial charge in [-0.15, -0.1) is 0 Å². The van der Waals surface area contributed by atoms with E-state index in [0.29, 0.717) is 5.92 Å². The van der Waals surface area contributed by atoms with Gasteiger partial charge in [0.25, 0.3) is 0 Å². The van der Waals surface area contributed by atoms with E-state index in [0.717, 1.165) is 31.8 Å². The van der Waals surface area contributed by atoms with Crippen molar-refractivity contribution < 1.29 is 4.79 Å². The van der Waals surface area contributed by atoms with E-state index in [2.05, 4.69) is 45.5 Å². The molecule has 0 bridgehead atoms. The number of likely N-dealkylation sites (tertiary alicyclic amines) is 1. The minimum atomic E-state index is 0.0303. The first-order valence-corrected chi connectivity index (χ1v) is 8.82. The van der Waals surface area contributed by atoms with Gasteiger partial charge in [-0.3, -0.25) is 9.69 Å². The molecule has 1 aliphatic heterocycles. The van der Waals surface area contributed by atoms with E-state index in [4.69, 9.17) is 0 Å². The second-order valence-corrected chi connectivity index (χ2v) is 7.09. The second kappa shape index (κ2) is 7.67. The van der Waals surface area contributed by atoms with Crippen molar-refractivity contribution >= 4 is 16.8 Å². The van der Waals surface area contributed by atoms with Gasteiger partial charge in [0, 0.05) is 36.9 Å². The normalized spacial score (nSPS) is 18.5. The SMILES string of the molecule is CC(C)=CC(=O)NCC1CCCN(Cc2cc3ccccc3[nH]2)C1. The van der Waals surface area contributed by atoms with Crippen LogP contribution in [0.2, 0.25) is 0 Å². The fourth-order valence-corrected chi connectivity index (χ4v) is 3.48. The van der Waals surface area contributed by atoms with Gasteiger partial charge >= 0.3 is 0 Å². The standard InChI is InChI=1S/C20H27N3O/c1-15(2)10-20(24)21-12-16-6-5-9-23(13-16)14-18-11-17-7-3-4-8-19(17)22-18/h3-4,7-8,10-11,16,22H,5-6,9,12-14H2,1-2H3,(H,21,24). The molecule has 0 saturated carbocycles. The molecule has 0 radical (unpaired) electrons. The lowest BCUT2D eigenvalue weighted by molar-refractivity contribution is -0.116. The van der Waals surface area contributed by atoms with Crippen LogP contribution in [0, 0.1) is 5.92 Å². The highest BCUT2D eigenvalue weighted by atomic mass is 16.1. The molecule has 0 spiro atoms. The fraction of sp³-hybridized carbons (Fsp3) is 0.450. The minimum absolute atomic E-state index is 0.0303. The summed E-state index contributed by atoms with van der Waals surface area (Å²) in [6.07, 6.45) is 4.06. The molecule has 2 N–H and O–H groups in total. The average molecular weight is 325 g/mol. The van der Waals surface area contributed by atoms with Crippen LogP contribution in [0.25, 0.3) is 10.9 Å². The first-order chi connectivity index (χ1) is 11.6. The zero-order valence-corrected chi connectivity index (χ0v) is 14.6. The molecule has 1 saturated heterocycles. The smallest absolute Gasteiger partial charge is 0.243 e. The molecule has 3 rings (SSSR count). The molecule has 128 valence electrons. The van der Waals surface area contributed by atoms with Crippen molar-refractivity contribution in [3.63, 3.8) is 0 Å². The zero-order chi connectivity index (χ0) is 16.9. The highest BCUT2D eigenvalue weighted by Crippen LogP contribution is 2.20. The van der Waals surface area contributed by atoms with E-state index in [1.807, 2.05) is 13.8 Å². The van der Waals surface area contributed by atoms with Crippen LogP contribution in [-0.2, 0) is 11.3 Å². The molecule has 1 aliphatic rings. The fourth-order valence-electron chi connectivity index (χ4n) is 3.48. The van der Waals surface area contributed by atoms with Gasteiger partial charge < -0.3 is 10.3 Å². The van der Waals surface area contributed by atoms with Gasteiger partial charge in [-0.25, -0.2) is 0 Å². The summed E-state index contributed by atoms with van der Waals surface area (Å²) >= 11 is 0. The maximum Gasteiger partial charge on any atom is 0.243 e. The Bertz CT molecular complexity index is 694. The van der Waals surface area contributed by atoms with Crippen LogP contribution in [0.3, 0.4) is 0 Å². The number of carbonyl (C=O) groups is 1. The molecule has 4 heteroatoms.